The molecule has 9 heteroatoms. The summed E-state index contributed by atoms with van der Waals surface area (Å²) in [4.78, 5) is 25.6. The Labute approximate surface area is 202 Å². The molecule has 0 N–H and O–H groups in total. The van der Waals surface area contributed by atoms with Crippen LogP contribution in [0.3, 0.4) is 0 Å². The van der Waals surface area contributed by atoms with E-state index in [0.29, 0.717) is 0 Å². The van der Waals surface area contributed by atoms with Crippen molar-refractivity contribution in [3.05, 3.63) is 0 Å². The summed E-state index contributed by atoms with van der Waals surface area (Å²) in [6.45, 7) is 0. The van der Waals surface area contributed by atoms with Gasteiger partial charge in [-0.3, -0.25) is 0 Å². The first-order chi connectivity index (χ1) is 2.00. The maximum atomic E-state index is 8.55. The average Bonchev–Trinajstić information content (AvgIpc) is 0.722. The van der Waals surface area contributed by atoms with Gasteiger partial charge in [0.1, 0.15) is 0 Å². The Morgan fingerprint density at radius 3 is 0.778 bits per heavy atom. The number of hydrogen-bond donors (Lipinski definition) is 0. The number of phosphoric acid groups is 1. The smallest absolute Gasteiger partial charge is 0.822 e. The Morgan fingerprint density at radius 1 is 0.778 bits per heavy atom. The molecule has 0 aromatic heterocycles. The van der Waals surface area contributed by atoms with E-state index >= 15 is 0 Å². The van der Waals surface area contributed by atoms with Gasteiger partial charge in [0.2, 0.25) is 0 Å². The second-order valence-electron chi connectivity index (χ2n) is 0.447. The van der Waals surface area contributed by atoms with Crippen LogP contribution in [-0.4, -0.2) is 182 Å². The molecule has 0 aliphatic heterocycles. The van der Waals surface area contributed by atoms with Gasteiger partial charge in [-0.05, 0) is 0 Å². The van der Waals surface area contributed by atoms with Gasteiger partial charge in [0.25, 0.3) is 0 Å². The first kappa shape index (κ1) is 29.4. The van der Waals surface area contributed by atoms with E-state index in [-0.39, 0.29) is 182 Å². The molecule has 32 valence electrons. The summed E-state index contributed by atoms with van der Waals surface area (Å²) in [6.07, 6.45) is 0. The van der Waals surface area contributed by atoms with Gasteiger partial charge in [-0.25, -0.2) is 0 Å². The summed E-state index contributed by atoms with van der Waals surface area (Å²) in [5.74, 6) is 0. The third kappa shape index (κ3) is 55.8. The summed E-state index contributed by atoms with van der Waals surface area (Å²) in [5.41, 5.74) is 0. The fourth-order valence-electron chi connectivity index (χ4n) is 0. The molecule has 0 unspecified atom stereocenters. The minimum absolute atomic E-state index is 0. The van der Waals surface area contributed by atoms with Crippen molar-refractivity contribution in [1.29, 1.82) is 0 Å². The molecule has 0 aromatic carbocycles. The van der Waals surface area contributed by atoms with Crippen LogP contribution >= 0.6 is 7.82 Å². The predicted octanol–water partition coefficient (Wildman–Crippen LogP) is -4.35. The third-order valence-corrected chi connectivity index (χ3v) is 0. The zero-order valence-electron chi connectivity index (χ0n) is 4.91. The van der Waals surface area contributed by atoms with Gasteiger partial charge in [-0.1, -0.05) is 0 Å². The van der Waals surface area contributed by atoms with E-state index in [0.717, 1.165) is 0 Å². The molecule has 4 nitrogen and oxygen atoms in total. The molecule has 0 fully saturated rings. The molecule has 0 bridgehead atoms. The largest absolute Gasteiger partial charge is 2.00 e. The van der Waals surface area contributed by atoms with Crippen molar-refractivity contribution in [2.45, 2.75) is 0 Å². The second-order valence-corrected chi connectivity index (χ2v) is 1.34. The van der Waals surface area contributed by atoms with Crippen molar-refractivity contribution in [2.24, 2.45) is 0 Å². The average molecular weight is 445 g/mol. The van der Waals surface area contributed by atoms with Gasteiger partial charge in [0.05, 0.1) is 0 Å². The molecule has 0 saturated carbocycles. The van der Waals surface area contributed by atoms with Crippen molar-refractivity contribution in [3.8, 4) is 0 Å². The Balaban J connectivity index is -0.0000000133. The second kappa shape index (κ2) is 16.5. The predicted molar refractivity (Wildman–Crippen MR) is 30.6 cm³/mol. The van der Waals surface area contributed by atoms with Crippen molar-refractivity contribution < 1.29 is 19.2 Å². The monoisotopic (exact) mass is 447 g/mol. The summed E-state index contributed by atoms with van der Waals surface area (Å²) >= 11 is 0. The molecule has 0 aromatic rings. The molecule has 0 aliphatic carbocycles. The fraction of sp³-hybridized carbons (Fsp3) is 0. The first-order valence-corrected chi connectivity index (χ1v) is 2.19. The maximum absolute atomic E-state index is 8.55. The van der Waals surface area contributed by atoms with E-state index < -0.39 is 7.82 Å². The van der Waals surface area contributed by atoms with Crippen LogP contribution in [-0.2, 0) is 4.57 Å². The summed E-state index contributed by atoms with van der Waals surface area (Å²) in [7, 11) is -5.39. The van der Waals surface area contributed by atoms with Crippen LogP contribution in [0.15, 0.2) is 0 Å². The standard InChI is InChI=1S/H3O4P.4Sr/c1-5(2,3)4;;;;/h(H3,1,2,3,4);;;;/q;4*+2/p-3. The molecule has 0 heterocycles. The number of hydrogen-bond acceptors (Lipinski definition) is 4. The van der Waals surface area contributed by atoms with E-state index in [4.69, 9.17) is 19.2 Å². The van der Waals surface area contributed by atoms with Gasteiger partial charge in [-0.15, -0.1) is 0 Å². The van der Waals surface area contributed by atoms with Gasteiger partial charge in [0, 0.05) is 0 Å². The molecule has 0 amide bonds. The van der Waals surface area contributed by atoms with Crippen LogP contribution in [0, 0.1) is 0 Å². The van der Waals surface area contributed by atoms with Crippen LogP contribution in [0.2, 0.25) is 0 Å². The summed E-state index contributed by atoms with van der Waals surface area (Å²) in [6, 6.07) is 0. The molecule has 0 saturated heterocycles. The normalized spacial score (nSPS) is 6.56. The Morgan fingerprint density at radius 2 is 0.778 bits per heavy atom. The van der Waals surface area contributed by atoms with Crippen molar-refractivity contribution in [1.82, 2.24) is 0 Å². The SMILES string of the molecule is O=P([O-])([O-])[O-].[Sr+2].[Sr+2].[Sr+2].[Sr+2]. The van der Waals surface area contributed by atoms with Crippen LogP contribution < -0.4 is 14.7 Å². The Hall–Kier alpha value is 6.03. The molecule has 0 rings (SSSR count). The quantitative estimate of drug-likeness (QED) is 0.279. The minimum atomic E-state index is -5.39. The minimum Gasteiger partial charge on any atom is -0.822 e. The van der Waals surface area contributed by atoms with E-state index in [1.165, 1.54) is 0 Å². The Kier molecular flexibility index (Phi) is 53.8. The zero-order valence-corrected chi connectivity index (χ0v) is 19.7. The van der Waals surface area contributed by atoms with E-state index in [9.17, 15) is 0 Å². The molecular formula is O4PSr4+5. The van der Waals surface area contributed by atoms with Gasteiger partial charge in [0.15, 0.2) is 0 Å². The van der Waals surface area contributed by atoms with Crippen LogP contribution in [0.5, 0.6) is 0 Å². The van der Waals surface area contributed by atoms with E-state index in [2.05, 4.69) is 0 Å². The topological polar surface area (TPSA) is 86.2 Å². The first-order valence-electron chi connectivity index (χ1n) is 0.730. The fourth-order valence-corrected chi connectivity index (χ4v) is 0. The third-order valence-electron chi connectivity index (χ3n) is 0. The van der Waals surface area contributed by atoms with Crippen LogP contribution in [0.4, 0.5) is 0 Å². The van der Waals surface area contributed by atoms with E-state index in [1.54, 1.807) is 0 Å². The molecule has 0 atom stereocenters. The molecule has 0 spiro atoms. The molecule has 0 aliphatic rings. The van der Waals surface area contributed by atoms with Gasteiger partial charge in [-0.2, -0.15) is 7.82 Å². The maximum Gasteiger partial charge on any atom is 2.00 e. The van der Waals surface area contributed by atoms with Crippen molar-refractivity contribution in [2.75, 3.05) is 0 Å². The summed E-state index contributed by atoms with van der Waals surface area (Å²) < 4.78 is 8.55. The van der Waals surface area contributed by atoms with Gasteiger partial charge >= 0.3 is 182 Å². The van der Waals surface area contributed by atoms with Crippen molar-refractivity contribution >= 4 is 190 Å². The molecular weight excluding hydrogens is 445 g/mol. The van der Waals surface area contributed by atoms with Crippen molar-refractivity contribution in [3.63, 3.8) is 0 Å². The Bertz CT molecular complexity index is 58.7. The van der Waals surface area contributed by atoms with Crippen LogP contribution in [0.25, 0.3) is 0 Å². The van der Waals surface area contributed by atoms with E-state index in [1.807, 2.05) is 0 Å². The molecule has 0 radical (unpaired) electrons. The summed E-state index contributed by atoms with van der Waals surface area (Å²) in [5, 5.41) is 0. The van der Waals surface area contributed by atoms with Crippen LogP contribution in [0.1, 0.15) is 0 Å². The van der Waals surface area contributed by atoms with Gasteiger partial charge < -0.3 is 19.2 Å². The zero-order chi connectivity index (χ0) is 4.50. The molecule has 9 heavy (non-hydrogen) atoms. The number of rotatable bonds is 0.